The van der Waals surface area contributed by atoms with Gasteiger partial charge in [0, 0.05) is 44.8 Å². The van der Waals surface area contributed by atoms with Crippen molar-refractivity contribution in [3.05, 3.63) is 24.4 Å². The van der Waals surface area contributed by atoms with Crippen molar-refractivity contribution < 1.29 is 14.3 Å². The van der Waals surface area contributed by atoms with Crippen LogP contribution in [0.4, 0.5) is 0 Å². The zero-order chi connectivity index (χ0) is 15.4. The van der Waals surface area contributed by atoms with Crippen LogP contribution < -0.4 is 4.74 Å². The molecular weight excluding hydrogens is 280 g/mol. The second-order valence-corrected chi connectivity index (χ2v) is 6.37. The molecule has 2 aliphatic rings. The van der Waals surface area contributed by atoms with Gasteiger partial charge in [0.05, 0.1) is 13.2 Å². The molecule has 0 aliphatic carbocycles. The van der Waals surface area contributed by atoms with E-state index in [0.29, 0.717) is 18.4 Å². The predicted molar refractivity (Wildman–Crippen MR) is 82.6 cm³/mol. The van der Waals surface area contributed by atoms with E-state index in [-0.39, 0.29) is 11.3 Å². The Morgan fingerprint density at radius 2 is 2.23 bits per heavy atom. The van der Waals surface area contributed by atoms with Gasteiger partial charge in [-0.3, -0.25) is 4.79 Å². The quantitative estimate of drug-likeness (QED) is 0.858. The number of likely N-dealkylation sites (tertiary alicyclic amines) is 1. The fraction of sp³-hybridized carbons (Fsp3) is 0.647. The summed E-state index contributed by atoms with van der Waals surface area (Å²) in [6.07, 6.45) is 4.90. The maximum atomic E-state index is 11.5. The summed E-state index contributed by atoms with van der Waals surface area (Å²) in [5, 5.41) is 0. The first-order chi connectivity index (χ1) is 10.7. The molecule has 3 rings (SSSR count). The zero-order valence-electron chi connectivity index (χ0n) is 13.2. The van der Waals surface area contributed by atoms with Crippen LogP contribution in [0.1, 0.15) is 26.2 Å². The highest BCUT2D eigenvalue weighted by Crippen LogP contribution is 2.44. The first-order valence-corrected chi connectivity index (χ1v) is 8.07. The molecule has 1 amide bonds. The molecule has 0 unspecified atom stereocenters. The lowest BCUT2D eigenvalue weighted by molar-refractivity contribution is -0.135. The molecule has 0 bridgehead atoms. The number of carbonyl (C=O) groups is 1. The fourth-order valence-corrected chi connectivity index (χ4v) is 3.65. The minimum Gasteiger partial charge on any atom is -0.477 e. The molecule has 2 saturated heterocycles. The van der Waals surface area contributed by atoms with Gasteiger partial charge < -0.3 is 14.4 Å². The van der Waals surface area contributed by atoms with Gasteiger partial charge in [-0.1, -0.05) is 6.07 Å². The number of ether oxygens (including phenoxy) is 2. The number of hydrogen-bond donors (Lipinski definition) is 0. The Morgan fingerprint density at radius 3 is 2.91 bits per heavy atom. The molecule has 0 N–H and O–H groups in total. The summed E-state index contributed by atoms with van der Waals surface area (Å²) >= 11 is 0. The fourth-order valence-electron chi connectivity index (χ4n) is 3.65. The van der Waals surface area contributed by atoms with Crippen LogP contribution in [0.15, 0.2) is 24.4 Å². The van der Waals surface area contributed by atoms with Crippen molar-refractivity contribution in [3.8, 4) is 5.88 Å². The van der Waals surface area contributed by atoms with Crippen LogP contribution in [0.25, 0.3) is 0 Å². The Morgan fingerprint density at radius 1 is 1.41 bits per heavy atom. The van der Waals surface area contributed by atoms with E-state index in [1.165, 1.54) is 0 Å². The number of rotatable bonds is 3. The highest BCUT2D eigenvalue weighted by Gasteiger charge is 2.44. The van der Waals surface area contributed by atoms with E-state index in [2.05, 4.69) is 4.98 Å². The van der Waals surface area contributed by atoms with Crippen molar-refractivity contribution in [2.24, 2.45) is 11.3 Å². The maximum Gasteiger partial charge on any atom is 0.219 e. The lowest BCUT2D eigenvalue weighted by atomic mass is 9.66. The van der Waals surface area contributed by atoms with Crippen molar-refractivity contribution in [2.75, 3.05) is 32.9 Å². The second kappa shape index (κ2) is 6.65. The maximum absolute atomic E-state index is 11.5. The second-order valence-electron chi connectivity index (χ2n) is 6.37. The van der Waals surface area contributed by atoms with E-state index in [0.717, 1.165) is 45.6 Å². The van der Waals surface area contributed by atoms with Crippen LogP contribution in [0.2, 0.25) is 0 Å². The Kier molecular flexibility index (Phi) is 4.62. The van der Waals surface area contributed by atoms with E-state index in [1.807, 2.05) is 23.1 Å². The van der Waals surface area contributed by atoms with Crippen LogP contribution in [-0.2, 0) is 9.53 Å². The predicted octanol–water partition coefficient (Wildman–Crippen LogP) is 2.13. The molecule has 2 fully saturated rings. The summed E-state index contributed by atoms with van der Waals surface area (Å²) in [5.74, 6) is 1.23. The number of pyridine rings is 1. The van der Waals surface area contributed by atoms with Crippen LogP contribution in [0.3, 0.4) is 0 Å². The van der Waals surface area contributed by atoms with Gasteiger partial charge in [0.15, 0.2) is 0 Å². The summed E-state index contributed by atoms with van der Waals surface area (Å²) in [6.45, 7) is 5.57. The molecule has 5 nitrogen and oxygen atoms in total. The van der Waals surface area contributed by atoms with Gasteiger partial charge in [-0.25, -0.2) is 4.98 Å². The van der Waals surface area contributed by atoms with Gasteiger partial charge in [-0.05, 0) is 30.7 Å². The minimum absolute atomic E-state index is 0.184. The first-order valence-electron chi connectivity index (χ1n) is 8.07. The largest absolute Gasteiger partial charge is 0.477 e. The molecule has 1 aromatic heterocycles. The van der Waals surface area contributed by atoms with Crippen LogP contribution >= 0.6 is 0 Å². The Hall–Kier alpha value is -1.62. The van der Waals surface area contributed by atoms with Crippen molar-refractivity contribution in [2.45, 2.75) is 26.2 Å². The number of amides is 1. The van der Waals surface area contributed by atoms with Gasteiger partial charge in [0.25, 0.3) is 0 Å². The van der Waals surface area contributed by atoms with Crippen LogP contribution in [0, 0.1) is 11.3 Å². The van der Waals surface area contributed by atoms with Crippen molar-refractivity contribution in [1.82, 2.24) is 9.88 Å². The van der Waals surface area contributed by atoms with Gasteiger partial charge in [0.2, 0.25) is 11.8 Å². The molecule has 22 heavy (non-hydrogen) atoms. The molecule has 5 heteroatoms. The number of aromatic nitrogens is 1. The summed E-state index contributed by atoms with van der Waals surface area (Å²) in [7, 11) is 0. The molecule has 0 aromatic carbocycles. The van der Waals surface area contributed by atoms with Crippen molar-refractivity contribution >= 4 is 5.91 Å². The average molecular weight is 304 g/mol. The highest BCUT2D eigenvalue weighted by atomic mass is 16.5. The molecule has 1 aromatic rings. The molecular formula is C17H24N2O3. The SMILES string of the molecule is CC(=O)N1CCC2(CCOC[C@H]2COc2ccccn2)CC1. The summed E-state index contributed by atoms with van der Waals surface area (Å²) in [5.41, 5.74) is 0.249. The van der Waals surface area contributed by atoms with Crippen LogP contribution in [-0.4, -0.2) is 48.7 Å². The van der Waals surface area contributed by atoms with Crippen molar-refractivity contribution in [1.29, 1.82) is 0 Å². The summed E-state index contributed by atoms with van der Waals surface area (Å²) in [4.78, 5) is 17.7. The Bertz CT molecular complexity index is 498. The lowest BCUT2D eigenvalue weighted by Crippen LogP contribution is -2.50. The molecule has 0 saturated carbocycles. The van der Waals surface area contributed by atoms with Gasteiger partial charge in [-0.15, -0.1) is 0 Å². The average Bonchev–Trinajstić information content (AvgIpc) is 2.55. The number of piperidine rings is 1. The first kappa shape index (κ1) is 15.3. The minimum atomic E-state index is 0.184. The normalized spacial score (nSPS) is 24.2. The number of hydrogen-bond acceptors (Lipinski definition) is 4. The monoisotopic (exact) mass is 304 g/mol. The topological polar surface area (TPSA) is 51.7 Å². The smallest absolute Gasteiger partial charge is 0.219 e. The van der Waals surface area contributed by atoms with Gasteiger partial charge >= 0.3 is 0 Å². The Labute approximate surface area is 131 Å². The van der Waals surface area contributed by atoms with Crippen molar-refractivity contribution in [3.63, 3.8) is 0 Å². The third-order valence-corrected chi connectivity index (χ3v) is 5.20. The summed E-state index contributed by atoms with van der Waals surface area (Å²) in [6, 6.07) is 5.70. The van der Waals surface area contributed by atoms with Gasteiger partial charge in [0.1, 0.15) is 0 Å². The zero-order valence-corrected chi connectivity index (χ0v) is 13.2. The van der Waals surface area contributed by atoms with E-state index in [1.54, 1.807) is 13.1 Å². The molecule has 1 atom stereocenters. The Balaban J connectivity index is 1.63. The third kappa shape index (κ3) is 3.24. The number of nitrogens with zero attached hydrogens (tertiary/aromatic N) is 2. The number of carbonyl (C=O) groups excluding carboxylic acids is 1. The lowest BCUT2D eigenvalue weighted by Gasteiger charge is -2.48. The molecule has 1 spiro atoms. The standard InChI is InChI=1S/C17H24N2O3/c1-14(20)19-9-5-17(6-10-19)7-11-21-12-15(17)13-22-16-4-2-3-8-18-16/h2-4,8,15H,5-7,9-13H2,1H3/t15-/m0/s1. The highest BCUT2D eigenvalue weighted by molar-refractivity contribution is 5.73. The van der Waals surface area contributed by atoms with E-state index in [9.17, 15) is 4.79 Å². The summed E-state index contributed by atoms with van der Waals surface area (Å²) < 4.78 is 11.6. The van der Waals surface area contributed by atoms with E-state index >= 15 is 0 Å². The van der Waals surface area contributed by atoms with E-state index < -0.39 is 0 Å². The van der Waals surface area contributed by atoms with E-state index in [4.69, 9.17) is 9.47 Å². The third-order valence-electron chi connectivity index (χ3n) is 5.20. The van der Waals surface area contributed by atoms with Gasteiger partial charge in [-0.2, -0.15) is 0 Å². The molecule has 0 radical (unpaired) electrons. The van der Waals surface area contributed by atoms with Crippen LogP contribution in [0.5, 0.6) is 5.88 Å². The molecule has 2 aliphatic heterocycles. The molecule has 120 valence electrons. The molecule has 3 heterocycles.